The number of methoxy groups -OCH3 is 1. The standard InChI is InChI=1S/C26H23Cl2N3O3S/c1-34-22-11-5-17(6-12-22)13-14-30-23(16-24(32)29-20-9-7-18(27)8-10-20)25(33)31(26(30)35)21-4-2-3-19(28)15-21/h2-12,15,23H,13-14,16H2,1H3,(H,29,32). The lowest BCUT2D eigenvalue weighted by atomic mass is 10.1. The van der Waals surface area contributed by atoms with Crippen molar-refractivity contribution in [1.82, 2.24) is 4.90 Å². The van der Waals surface area contributed by atoms with Gasteiger partial charge in [-0.05, 0) is 78.8 Å². The lowest BCUT2D eigenvalue weighted by molar-refractivity contribution is -0.124. The summed E-state index contributed by atoms with van der Waals surface area (Å²) in [6.07, 6.45) is 0.581. The van der Waals surface area contributed by atoms with Crippen LogP contribution in [0.3, 0.4) is 0 Å². The van der Waals surface area contributed by atoms with Crippen molar-refractivity contribution in [3.8, 4) is 5.75 Å². The fourth-order valence-electron chi connectivity index (χ4n) is 3.90. The number of rotatable bonds is 8. The molecular formula is C26H23Cl2N3O3S. The van der Waals surface area contributed by atoms with Crippen LogP contribution in [0, 0.1) is 0 Å². The normalized spacial score (nSPS) is 15.5. The minimum absolute atomic E-state index is 0.0543. The average molecular weight is 528 g/mol. The van der Waals surface area contributed by atoms with Crippen molar-refractivity contribution < 1.29 is 14.3 Å². The third kappa shape index (κ3) is 5.93. The summed E-state index contributed by atoms with van der Waals surface area (Å²) in [6, 6.07) is 20.7. The molecule has 3 aromatic rings. The molecule has 6 nitrogen and oxygen atoms in total. The second-order valence-electron chi connectivity index (χ2n) is 8.00. The Morgan fingerprint density at radius 1 is 1.03 bits per heavy atom. The van der Waals surface area contributed by atoms with Gasteiger partial charge in [0.05, 0.1) is 19.2 Å². The second-order valence-corrected chi connectivity index (χ2v) is 9.24. The molecule has 0 bridgehead atoms. The van der Waals surface area contributed by atoms with Crippen LogP contribution in [0.15, 0.2) is 72.8 Å². The number of thiocarbonyl (C=S) groups is 1. The van der Waals surface area contributed by atoms with Crippen LogP contribution >= 0.6 is 35.4 Å². The van der Waals surface area contributed by atoms with E-state index in [1.54, 1.807) is 55.6 Å². The van der Waals surface area contributed by atoms with Gasteiger partial charge in [0, 0.05) is 22.3 Å². The Bertz CT molecular complexity index is 1240. The maximum absolute atomic E-state index is 13.5. The van der Waals surface area contributed by atoms with Crippen LogP contribution in [0.1, 0.15) is 12.0 Å². The molecule has 0 aliphatic carbocycles. The maximum atomic E-state index is 13.5. The van der Waals surface area contributed by atoms with Crippen molar-refractivity contribution in [2.75, 3.05) is 23.9 Å². The molecule has 4 rings (SSSR count). The first kappa shape index (κ1) is 25.0. The van der Waals surface area contributed by atoms with Crippen molar-refractivity contribution in [2.45, 2.75) is 18.9 Å². The first-order valence-corrected chi connectivity index (χ1v) is 12.1. The van der Waals surface area contributed by atoms with Crippen LogP contribution in [0.25, 0.3) is 0 Å². The first-order chi connectivity index (χ1) is 16.9. The highest BCUT2D eigenvalue weighted by atomic mass is 35.5. The molecule has 1 heterocycles. The Morgan fingerprint density at radius 3 is 2.40 bits per heavy atom. The molecule has 3 aromatic carbocycles. The molecule has 1 N–H and O–H groups in total. The Labute approximate surface area is 219 Å². The molecule has 0 spiro atoms. The number of anilines is 2. The summed E-state index contributed by atoms with van der Waals surface area (Å²) in [7, 11) is 1.62. The quantitative estimate of drug-likeness (QED) is 0.387. The number of ether oxygens (including phenoxy) is 1. The molecule has 9 heteroatoms. The summed E-state index contributed by atoms with van der Waals surface area (Å²) >= 11 is 17.8. The van der Waals surface area contributed by atoms with Gasteiger partial charge in [0.1, 0.15) is 11.8 Å². The number of nitrogens with zero attached hydrogens (tertiary/aromatic N) is 2. The van der Waals surface area contributed by atoms with E-state index in [1.807, 2.05) is 29.2 Å². The Morgan fingerprint density at radius 2 is 1.74 bits per heavy atom. The minimum atomic E-state index is -0.743. The van der Waals surface area contributed by atoms with Gasteiger partial charge in [-0.1, -0.05) is 41.4 Å². The SMILES string of the molecule is COc1ccc(CCN2C(=S)N(c3cccc(Cl)c3)C(=O)C2CC(=O)Nc2ccc(Cl)cc2)cc1. The number of carbonyl (C=O) groups excluding carboxylic acids is 2. The van der Waals surface area contributed by atoms with Gasteiger partial charge in [0.25, 0.3) is 5.91 Å². The van der Waals surface area contributed by atoms with E-state index in [2.05, 4.69) is 5.32 Å². The maximum Gasteiger partial charge on any atom is 0.256 e. The number of hydrogen-bond acceptors (Lipinski definition) is 4. The Balaban J connectivity index is 1.55. The Hall–Kier alpha value is -3.13. The molecule has 1 aliphatic heterocycles. The van der Waals surface area contributed by atoms with Crippen LogP contribution in [0.2, 0.25) is 10.0 Å². The van der Waals surface area contributed by atoms with Gasteiger partial charge in [-0.3, -0.25) is 14.5 Å². The zero-order valence-electron chi connectivity index (χ0n) is 18.9. The van der Waals surface area contributed by atoms with E-state index in [1.165, 1.54) is 4.90 Å². The smallest absolute Gasteiger partial charge is 0.256 e. The van der Waals surface area contributed by atoms with E-state index in [4.69, 9.17) is 40.2 Å². The molecule has 1 aliphatic rings. The summed E-state index contributed by atoms with van der Waals surface area (Å²) in [5.41, 5.74) is 2.23. The summed E-state index contributed by atoms with van der Waals surface area (Å²) in [6.45, 7) is 0.465. The molecule has 1 fully saturated rings. The second kappa shape index (κ2) is 11.1. The molecule has 35 heavy (non-hydrogen) atoms. The van der Waals surface area contributed by atoms with Crippen LogP contribution in [0.5, 0.6) is 5.75 Å². The van der Waals surface area contributed by atoms with E-state index in [-0.39, 0.29) is 18.2 Å². The Kier molecular flexibility index (Phi) is 7.90. The predicted octanol–water partition coefficient (Wildman–Crippen LogP) is 5.58. The van der Waals surface area contributed by atoms with Crippen LogP contribution < -0.4 is 15.0 Å². The van der Waals surface area contributed by atoms with Gasteiger partial charge in [-0.15, -0.1) is 0 Å². The van der Waals surface area contributed by atoms with Crippen molar-refractivity contribution in [1.29, 1.82) is 0 Å². The minimum Gasteiger partial charge on any atom is -0.497 e. The van der Waals surface area contributed by atoms with Crippen LogP contribution in [-0.2, 0) is 16.0 Å². The van der Waals surface area contributed by atoms with Crippen LogP contribution in [0.4, 0.5) is 11.4 Å². The number of benzene rings is 3. The summed E-state index contributed by atoms with van der Waals surface area (Å²) < 4.78 is 5.22. The summed E-state index contributed by atoms with van der Waals surface area (Å²) in [5.74, 6) is 0.207. The number of halogens is 2. The topological polar surface area (TPSA) is 61.9 Å². The van der Waals surface area contributed by atoms with E-state index in [0.29, 0.717) is 39.5 Å². The van der Waals surface area contributed by atoms with Crippen LogP contribution in [-0.4, -0.2) is 41.5 Å². The van der Waals surface area contributed by atoms with Gasteiger partial charge >= 0.3 is 0 Å². The zero-order chi connectivity index (χ0) is 24.9. The van der Waals surface area contributed by atoms with Gasteiger partial charge in [-0.2, -0.15) is 0 Å². The van der Waals surface area contributed by atoms with Crippen molar-refractivity contribution in [2.24, 2.45) is 0 Å². The third-order valence-electron chi connectivity index (χ3n) is 5.69. The first-order valence-electron chi connectivity index (χ1n) is 10.9. The van der Waals surface area contributed by atoms with E-state index in [0.717, 1.165) is 11.3 Å². The van der Waals surface area contributed by atoms with Gasteiger partial charge in [0.15, 0.2) is 5.11 Å². The molecule has 1 unspecified atom stereocenters. The van der Waals surface area contributed by atoms with Crippen molar-refractivity contribution in [3.63, 3.8) is 0 Å². The zero-order valence-corrected chi connectivity index (χ0v) is 21.2. The molecule has 1 saturated heterocycles. The lowest BCUT2D eigenvalue weighted by Gasteiger charge is -2.24. The number of amides is 2. The lowest BCUT2D eigenvalue weighted by Crippen LogP contribution is -2.39. The largest absolute Gasteiger partial charge is 0.497 e. The molecular weight excluding hydrogens is 505 g/mol. The highest BCUT2D eigenvalue weighted by Gasteiger charge is 2.43. The molecule has 0 radical (unpaired) electrons. The molecule has 0 saturated carbocycles. The molecule has 1 atom stereocenters. The molecule has 180 valence electrons. The van der Waals surface area contributed by atoms with Gasteiger partial charge < -0.3 is 15.0 Å². The number of carbonyl (C=O) groups is 2. The third-order valence-corrected chi connectivity index (χ3v) is 6.60. The van der Waals surface area contributed by atoms with Gasteiger partial charge in [0.2, 0.25) is 5.91 Å². The van der Waals surface area contributed by atoms with E-state index in [9.17, 15) is 9.59 Å². The average Bonchev–Trinajstić information content (AvgIpc) is 3.08. The predicted molar refractivity (Wildman–Crippen MR) is 143 cm³/mol. The van der Waals surface area contributed by atoms with E-state index >= 15 is 0 Å². The molecule has 2 amide bonds. The summed E-state index contributed by atoms with van der Waals surface area (Å²) in [5, 5.41) is 4.23. The highest BCUT2D eigenvalue weighted by Crippen LogP contribution is 2.29. The summed E-state index contributed by atoms with van der Waals surface area (Å²) in [4.78, 5) is 29.6. The van der Waals surface area contributed by atoms with Crippen molar-refractivity contribution >= 4 is 63.7 Å². The van der Waals surface area contributed by atoms with Crippen molar-refractivity contribution in [3.05, 3.63) is 88.4 Å². The van der Waals surface area contributed by atoms with E-state index < -0.39 is 6.04 Å². The number of hydrogen-bond donors (Lipinski definition) is 1. The van der Waals surface area contributed by atoms with Gasteiger partial charge in [-0.25, -0.2) is 0 Å². The fourth-order valence-corrected chi connectivity index (χ4v) is 4.63. The fraction of sp³-hybridized carbons (Fsp3) is 0.192. The number of nitrogens with one attached hydrogen (secondary N) is 1. The molecule has 0 aromatic heterocycles. The monoisotopic (exact) mass is 527 g/mol. The highest BCUT2D eigenvalue weighted by molar-refractivity contribution is 7.80.